The fraction of sp³-hybridized carbons (Fsp3) is 0.0769. The van der Waals surface area contributed by atoms with E-state index in [0.717, 1.165) is 11.8 Å². The summed E-state index contributed by atoms with van der Waals surface area (Å²) in [6.45, 7) is 0. The molecule has 1 amide bonds. The first kappa shape index (κ1) is 12.5. The van der Waals surface area contributed by atoms with Crippen LogP contribution in [-0.4, -0.2) is 10.9 Å². The zero-order chi connectivity index (χ0) is 13.0. The lowest BCUT2D eigenvalue weighted by atomic mass is 10.1. The Balaban J connectivity index is 2.03. The van der Waals surface area contributed by atoms with Gasteiger partial charge in [0, 0.05) is 11.2 Å². The molecule has 5 heteroatoms. The molecule has 3 nitrogen and oxygen atoms in total. The molecule has 1 aromatic heterocycles. The highest BCUT2D eigenvalue weighted by molar-refractivity contribution is 6.30. The summed E-state index contributed by atoms with van der Waals surface area (Å²) in [6, 6.07) is 8.38. The summed E-state index contributed by atoms with van der Waals surface area (Å²) in [4.78, 5) is 15.3. The molecule has 1 heterocycles. The summed E-state index contributed by atoms with van der Waals surface area (Å²) in [6.07, 6.45) is 2.61. The largest absolute Gasteiger partial charge is 0.323 e. The number of benzene rings is 1. The van der Waals surface area contributed by atoms with Gasteiger partial charge in [0.15, 0.2) is 5.82 Å². The van der Waals surface area contributed by atoms with Crippen LogP contribution in [0.25, 0.3) is 0 Å². The van der Waals surface area contributed by atoms with Crippen molar-refractivity contribution in [3.8, 4) is 0 Å². The van der Waals surface area contributed by atoms with Gasteiger partial charge in [-0.3, -0.25) is 9.78 Å². The van der Waals surface area contributed by atoms with Crippen molar-refractivity contribution in [1.29, 1.82) is 0 Å². The normalized spacial score (nSPS) is 10.1. The number of amides is 1. The van der Waals surface area contributed by atoms with Gasteiger partial charge < -0.3 is 5.32 Å². The van der Waals surface area contributed by atoms with Crippen LogP contribution in [0.3, 0.4) is 0 Å². The fourth-order valence-electron chi connectivity index (χ4n) is 1.50. The second-order valence-corrected chi connectivity index (χ2v) is 4.15. The van der Waals surface area contributed by atoms with Crippen LogP contribution in [0.4, 0.5) is 10.1 Å². The zero-order valence-corrected chi connectivity index (χ0v) is 10.1. The maximum Gasteiger partial charge on any atom is 0.228 e. The van der Waals surface area contributed by atoms with E-state index in [4.69, 9.17) is 11.6 Å². The SMILES string of the molecule is O=C(Cc1cccc(Cl)c1)Nc1ccncc1F. The molecular formula is C13H10ClFN2O. The molecule has 0 bridgehead atoms. The van der Waals surface area contributed by atoms with Gasteiger partial charge >= 0.3 is 0 Å². The molecule has 0 saturated heterocycles. The first-order chi connectivity index (χ1) is 8.65. The molecule has 0 saturated carbocycles. The monoisotopic (exact) mass is 264 g/mol. The molecule has 1 N–H and O–H groups in total. The molecule has 0 spiro atoms. The van der Waals surface area contributed by atoms with Crippen molar-refractivity contribution in [2.45, 2.75) is 6.42 Å². The number of nitrogens with one attached hydrogen (secondary N) is 1. The third-order valence-electron chi connectivity index (χ3n) is 2.30. The molecule has 0 fully saturated rings. The van der Waals surface area contributed by atoms with Crippen molar-refractivity contribution in [2.24, 2.45) is 0 Å². The number of hydrogen-bond acceptors (Lipinski definition) is 2. The first-order valence-corrected chi connectivity index (χ1v) is 5.67. The van der Waals surface area contributed by atoms with Crippen LogP contribution < -0.4 is 5.32 Å². The van der Waals surface area contributed by atoms with Crippen molar-refractivity contribution in [3.05, 3.63) is 59.1 Å². The molecule has 2 rings (SSSR count). The summed E-state index contributed by atoms with van der Waals surface area (Å²) in [5.74, 6) is -0.862. The van der Waals surface area contributed by atoms with E-state index in [-0.39, 0.29) is 18.0 Å². The number of carbonyl (C=O) groups is 1. The number of rotatable bonds is 3. The van der Waals surface area contributed by atoms with Crippen LogP contribution >= 0.6 is 11.6 Å². The molecule has 0 unspecified atom stereocenters. The Bertz CT molecular complexity index is 574. The van der Waals surface area contributed by atoms with Gasteiger partial charge in [-0.25, -0.2) is 4.39 Å². The third-order valence-corrected chi connectivity index (χ3v) is 2.54. The van der Waals surface area contributed by atoms with E-state index in [1.54, 1.807) is 24.3 Å². The fourth-order valence-corrected chi connectivity index (χ4v) is 1.72. The van der Waals surface area contributed by atoms with E-state index in [1.165, 1.54) is 12.3 Å². The minimum absolute atomic E-state index is 0.122. The van der Waals surface area contributed by atoms with Gasteiger partial charge in [-0.15, -0.1) is 0 Å². The number of aromatic nitrogens is 1. The Hall–Kier alpha value is -1.94. The lowest BCUT2D eigenvalue weighted by Gasteiger charge is -2.06. The van der Waals surface area contributed by atoms with E-state index in [1.807, 2.05) is 0 Å². The van der Waals surface area contributed by atoms with Gasteiger partial charge in [0.05, 0.1) is 18.3 Å². The predicted octanol–water partition coefficient (Wildman–Crippen LogP) is 3.06. The molecule has 18 heavy (non-hydrogen) atoms. The number of pyridine rings is 1. The molecular weight excluding hydrogens is 255 g/mol. The van der Waals surface area contributed by atoms with Crippen molar-refractivity contribution < 1.29 is 9.18 Å². The molecule has 0 aliphatic carbocycles. The molecule has 1 aromatic carbocycles. The Labute approximate surface area is 109 Å². The minimum Gasteiger partial charge on any atom is -0.323 e. The summed E-state index contributed by atoms with van der Waals surface area (Å²) >= 11 is 5.81. The van der Waals surface area contributed by atoms with Crippen molar-refractivity contribution >= 4 is 23.2 Å². The number of hydrogen-bond donors (Lipinski definition) is 1. The topological polar surface area (TPSA) is 42.0 Å². The second-order valence-electron chi connectivity index (χ2n) is 3.71. The van der Waals surface area contributed by atoms with E-state index >= 15 is 0 Å². The molecule has 2 aromatic rings. The van der Waals surface area contributed by atoms with Crippen LogP contribution in [0.2, 0.25) is 5.02 Å². The highest BCUT2D eigenvalue weighted by Gasteiger charge is 2.07. The number of nitrogens with zero attached hydrogens (tertiary/aromatic N) is 1. The van der Waals surface area contributed by atoms with Gasteiger partial charge in [-0.1, -0.05) is 23.7 Å². The lowest BCUT2D eigenvalue weighted by Crippen LogP contribution is -2.15. The van der Waals surface area contributed by atoms with Crippen molar-refractivity contribution in [3.63, 3.8) is 0 Å². The molecule has 0 aliphatic heterocycles. The third kappa shape index (κ3) is 3.28. The Morgan fingerprint density at radius 2 is 2.22 bits per heavy atom. The van der Waals surface area contributed by atoms with Crippen molar-refractivity contribution in [1.82, 2.24) is 4.98 Å². The summed E-state index contributed by atoms with van der Waals surface area (Å²) in [5, 5.41) is 3.05. The van der Waals surface area contributed by atoms with Crippen LogP contribution in [0.5, 0.6) is 0 Å². The van der Waals surface area contributed by atoms with E-state index < -0.39 is 5.82 Å². The van der Waals surface area contributed by atoms with E-state index in [2.05, 4.69) is 10.3 Å². The standard InChI is InChI=1S/C13H10ClFN2O/c14-10-3-1-2-9(6-10)7-13(18)17-12-4-5-16-8-11(12)15/h1-6,8H,7H2,(H,16,17,18). The summed E-state index contributed by atoms with van der Waals surface area (Å²) in [7, 11) is 0. The van der Waals surface area contributed by atoms with Gasteiger partial charge in [0.1, 0.15) is 0 Å². The second kappa shape index (κ2) is 5.60. The minimum atomic E-state index is -0.558. The Kier molecular flexibility index (Phi) is 3.89. The average Bonchev–Trinajstić information content (AvgIpc) is 2.32. The Morgan fingerprint density at radius 3 is 2.94 bits per heavy atom. The van der Waals surface area contributed by atoms with E-state index in [9.17, 15) is 9.18 Å². The van der Waals surface area contributed by atoms with Gasteiger partial charge in [-0.05, 0) is 23.8 Å². The lowest BCUT2D eigenvalue weighted by molar-refractivity contribution is -0.115. The number of carbonyl (C=O) groups excluding carboxylic acids is 1. The van der Waals surface area contributed by atoms with Gasteiger partial charge in [-0.2, -0.15) is 0 Å². The van der Waals surface area contributed by atoms with Crippen LogP contribution in [-0.2, 0) is 11.2 Å². The summed E-state index contributed by atoms with van der Waals surface area (Å²) < 4.78 is 13.3. The predicted molar refractivity (Wildman–Crippen MR) is 68.0 cm³/mol. The molecule has 0 radical (unpaired) electrons. The maximum absolute atomic E-state index is 13.3. The smallest absolute Gasteiger partial charge is 0.228 e. The summed E-state index contributed by atoms with van der Waals surface area (Å²) in [5.41, 5.74) is 0.895. The van der Waals surface area contributed by atoms with E-state index in [0.29, 0.717) is 5.02 Å². The van der Waals surface area contributed by atoms with Gasteiger partial charge in [0.2, 0.25) is 5.91 Å². The molecule has 92 valence electrons. The van der Waals surface area contributed by atoms with Crippen LogP contribution in [0, 0.1) is 5.82 Å². The molecule has 0 aliphatic rings. The van der Waals surface area contributed by atoms with Crippen LogP contribution in [0.15, 0.2) is 42.7 Å². The van der Waals surface area contributed by atoms with Gasteiger partial charge in [0.25, 0.3) is 0 Å². The Morgan fingerprint density at radius 1 is 1.39 bits per heavy atom. The zero-order valence-electron chi connectivity index (χ0n) is 9.36. The molecule has 0 atom stereocenters. The number of halogens is 2. The average molecular weight is 265 g/mol. The highest BCUT2D eigenvalue weighted by atomic mass is 35.5. The quantitative estimate of drug-likeness (QED) is 0.926. The first-order valence-electron chi connectivity index (χ1n) is 5.29. The van der Waals surface area contributed by atoms with Crippen molar-refractivity contribution in [2.75, 3.05) is 5.32 Å². The maximum atomic E-state index is 13.3. The highest BCUT2D eigenvalue weighted by Crippen LogP contribution is 2.14. The van der Waals surface area contributed by atoms with Crippen LogP contribution in [0.1, 0.15) is 5.56 Å². The number of anilines is 1.